The third-order valence-corrected chi connectivity index (χ3v) is 4.27. The third kappa shape index (κ3) is 4.84. The van der Waals surface area contributed by atoms with E-state index in [1.165, 1.54) is 52.0 Å². The van der Waals surface area contributed by atoms with Gasteiger partial charge >= 0.3 is 0 Å². The van der Waals surface area contributed by atoms with Gasteiger partial charge in [-0.15, -0.1) is 0 Å². The van der Waals surface area contributed by atoms with E-state index in [4.69, 9.17) is 0 Å². The molecule has 1 aliphatic heterocycles. The smallest absolute Gasteiger partial charge is 0.0695 e. The van der Waals surface area contributed by atoms with Crippen molar-refractivity contribution in [2.75, 3.05) is 59.9 Å². The van der Waals surface area contributed by atoms with E-state index in [-0.39, 0.29) is 6.10 Å². The highest BCUT2D eigenvalue weighted by Gasteiger charge is 2.30. The lowest BCUT2D eigenvalue weighted by atomic mass is 10.2. The van der Waals surface area contributed by atoms with Gasteiger partial charge in [-0.2, -0.15) is 0 Å². The zero-order valence-corrected chi connectivity index (χ0v) is 12.0. The first-order chi connectivity index (χ1) is 8.65. The Morgan fingerprint density at radius 2 is 1.89 bits per heavy atom. The fraction of sp³-hybridized carbons (Fsp3) is 1.00. The van der Waals surface area contributed by atoms with Crippen LogP contribution in [0.15, 0.2) is 0 Å². The van der Waals surface area contributed by atoms with Gasteiger partial charge in [0.05, 0.1) is 6.10 Å². The Labute approximate surface area is 112 Å². The summed E-state index contributed by atoms with van der Waals surface area (Å²) in [5, 5.41) is 9.88. The molecule has 18 heavy (non-hydrogen) atoms. The van der Waals surface area contributed by atoms with Crippen molar-refractivity contribution < 1.29 is 5.11 Å². The average molecular weight is 255 g/mol. The molecule has 0 aromatic rings. The summed E-state index contributed by atoms with van der Waals surface area (Å²) in [6, 6.07) is 0. The number of hydrogen-bond acceptors (Lipinski definition) is 4. The van der Waals surface area contributed by atoms with Crippen LogP contribution in [0.25, 0.3) is 0 Å². The number of aliphatic hydroxyl groups is 1. The predicted molar refractivity (Wildman–Crippen MR) is 74.8 cm³/mol. The SMILES string of the molecule is CN1CCN(CCCN(C)CC(O)C2CC2)CC1. The minimum atomic E-state index is -0.0846. The molecule has 1 aliphatic carbocycles. The normalized spacial score (nSPS) is 24.7. The summed E-state index contributed by atoms with van der Waals surface area (Å²) in [6.45, 7) is 8.00. The first kappa shape index (κ1) is 14.3. The number of piperazine rings is 1. The van der Waals surface area contributed by atoms with Crippen molar-refractivity contribution in [1.29, 1.82) is 0 Å². The fourth-order valence-corrected chi connectivity index (χ4v) is 2.68. The first-order valence-corrected chi connectivity index (χ1v) is 7.42. The van der Waals surface area contributed by atoms with Gasteiger partial charge in [0.25, 0.3) is 0 Å². The molecule has 0 bridgehead atoms. The van der Waals surface area contributed by atoms with Crippen LogP contribution >= 0.6 is 0 Å². The Balaban J connectivity index is 1.51. The molecule has 0 spiro atoms. The quantitative estimate of drug-likeness (QED) is 0.710. The number of aliphatic hydroxyl groups excluding tert-OH is 1. The van der Waals surface area contributed by atoms with E-state index in [0.29, 0.717) is 5.92 Å². The van der Waals surface area contributed by atoms with Gasteiger partial charge in [0.15, 0.2) is 0 Å². The minimum Gasteiger partial charge on any atom is -0.392 e. The van der Waals surface area contributed by atoms with Gasteiger partial charge in [-0.1, -0.05) is 0 Å². The lowest BCUT2D eigenvalue weighted by Crippen LogP contribution is -2.45. The zero-order chi connectivity index (χ0) is 13.0. The molecule has 0 aromatic heterocycles. The van der Waals surface area contributed by atoms with Crippen molar-refractivity contribution in [3.8, 4) is 0 Å². The Hall–Kier alpha value is -0.160. The van der Waals surface area contributed by atoms with Gasteiger partial charge in [0.2, 0.25) is 0 Å². The molecule has 1 saturated carbocycles. The highest BCUT2D eigenvalue weighted by atomic mass is 16.3. The van der Waals surface area contributed by atoms with Gasteiger partial charge in [0.1, 0.15) is 0 Å². The van der Waals surface area contributed by atoms with Gasteiger partial charge in [0, 0.05) is 32.7 Å². The summed E-state index contributed by atoms with van der Waals surface area (Å²) in [6.07, 6.45) is 3.60. The molecule has 106 valence electrons. The summed E-state index contributed by atoms with van der Waals surface area (Å²) in [7, 11) is 4.33. The molecule has 2 rings (SSSR count). The second-order valence-electron chi connectivity index (χ2n) is 6.17. The van der Waals surface area contributed by atoms with Gasteiger partial charge < -0.3 is 19.8 Å². The van der Waals surface area contributed by atoms with Gasteiger partial charge in [-0.3, -0.25) is 0 Å². The van der Waals surface area contributed by atoms with Crippen LogP contribution < -0.4 is 0 Å². The van der Waals surface area contributed by atoms with Crippen LogP contribution in [0.2, 0.25) is 0 Å². The van der Waals surface area contributed by atoms with E-state index in [1.807, 2.05) is 0 Å². The zero-order valence-electron chi connectivity index (χ0n) is 12.0. The van der Waals surface area contributed by atoms with Crippen LogP contribution in [0.4, 0.5) is 0 Å². The summed E-state index contributed by atoms with van der Waals surface area (Å²) < 4.78 is 0. The largest absolute Gasteiger partial charge is 0.392 e. The molecule has 0 aromatic carbocycles. The summed E-state index contributed by atoms with van der Waals surface area (Å²) >= 11 is 0. The molecule has 4 heteroatoms. The van der Waals surface area contributed by atoms with Crippen LogP contribution in [-0.2, 0) is 0 Å². The van der Waals surface area contributed by atoms with Gasteiger partial charge in [-0.25, -0.2) is 0 Å². The summed E-state index contributed by atoms with van der Waals surface area (Å²) in [5.74, 6) is 0.602. The fourth-order valence-electron chi connectivity index (χ4n) is 2.68. The Kier molecular flexibility index (Phi) is 5.42. The summed E-state index contributed by atoms with van der Waals surface area (Å²) in [5.41, 5.74) is 0. The number of rotatable bonds is 7. The van der Waals surface area contributed by atoms with E-state index >= 15 is 0 Å². The molecular weight excluding hydrogens is 226 g/mol. The highest BCUT2D eigenvalue weighted by Crippen LogP contribution is 2.32. The molecule has 1 N–H and O–H groups in total. The van der Waals surface area contributed by atoms with Crippen LogP contribution in [0.5, 0.6) is 0 Å². The van der Waals surface area contributed by atoms with Crippen LogP contribution in [0.3, 0.4) is 0 Å². The number of hydrogen-bond donors (Lipinski definition) is 1. The Morgan fingerprint density at radius 3 is 2.50 bits per heavy atom. The molecule has 2 aliphatic rings. The van der Waals surface area contributed by atoms with E-state index in [2.05, 4.69) is 28.8 Å². The number of likely N-dealkylation sites (N-methyl/N-ethyl adjacent to an activating group) is 2. The number of nitrogens with zero attached hydrogens (tertiary/aromatic N) is 3. The van der Waals surface area contributed by atoms with Crippen molar-refractivity contribution in [3.05, 3.63) is 0 Å². The molecule has 1 atom stereocenters. The molecule has 2 fully saturated rings. The van der Waals surface area contributed by atoms with E-state index in [0.717, 1.165) is 13.1 Å². The average Bonchev–Trinajstić information content (AvgIpc) is 3.15. The van der Waals surface area contributed by atoms with Crippen LogP contribution in [-0.4, -0.2) is 85.8 Å². The summed E-state index contributed by atoms with van der Waals surface area (Å²) in [4.78, 5) is 7.25. The Bertz CT molecular complexity index is 237. The van der Waals surface area contributed by atoms with Crippen LogP contribution in [0.1, 0.15) is 19.3 Å². The minimum absolute atomic E-state index is 0.0846. The first-order valence-electron chi connectivity index (χ1n) is 7.42. The van der Waals surface area contributed by atoms with Crippen molar-refractivity contribution >= 4 is 0 Å². The second kappa shape index (κ2) is 6.85. The third-order valence-electron chi connectivity index (χ3n) is 4.27. The standard InChI is InChI=1S/C14H29N3O/c1-15-8-10-17(11-9-15)7-3-6-16(2)12-14(18)13-4-5-13/h13-14,18H,3-12H2,1-2H3. The second-order valence-corrected chi connectivity index (χ2v) is 6.17. The molecular formula is C14H29N3O. The van der Waals surface area contributed by atoms with E-state index in [9.17, 15) is 5.11 Å². The van der Waals surface area contributed by atoms with E-state index < -0.39 is 0 Å². The molecule has 0 radical (unpaired) electrons. The highest BCUT2D eigenvalue weighted by molar-refractivity contribution is 4.82. The maximum Gasteiger partial charge on any atom is 0.0695 e. The monoisotopic (exact) mass is 255 g/mol. The lowest BCUT2D eigenvalue weighted by molar-refractivity contribution is 0.101. The van der Waals surface area contributed by atoms with Crippen molar-refractivity contribution in [2.24, 2.45) is 5.92 Å². The Morgan fingerprint density at radius 1 is 1.22 bits per heavy atom. The lowest BCUT2D eigenvalue weighted by Gasteiger charge is -2.32. The molecule has 1 heterocycles. The molecule has 0 amide bonds. The maximum atomic E-state index is 9.88. The van der Waals surface area contributed by atoms with E-state index in [1.54, 1.807) is 0 Å². The van der Waals surface area contributed by atoms with Gasteiger partial charge in [-0.05, 0) is 52.4 Å². The van der Waals surface area contributed by atoms with Crippen molar-refractivity contribution in [1.82, 2.24) is 14.7 Å². The van der Waals surface area contributed by atoms with Crippen molar-refractivity contribution in [3.63, 3.8) is 0 Å². The molecule has 1 saturated heterocycles. The predicted octanol–water partition coefficient (Wildman–Crippen LogP) is 0.327. The van der Waals surface area contributed by atoms with Crippen molar-refractivity contribution in [2.45, 2.75) is 25.4 Å². The van der Waals surface area contributed by atoms with Crippen LogP contribution in [0, 0.1) is 5.92 Å². The molecule has 1 unspecified atom stereocenters. The molecule has 4 nitrogen and oxygen atoms in total. The maximum absolute atomic E-state index is 9.88. The topological polar surface area (TPSA) is 30.0 Å².